The number of nitrogens with two attached hydrogens (primary N) is 1. The standard InChI is InChI=1S/C21H21N5O2/c22-21(25-20-12-11-18(15-24-20)26(27)28)23-14-13-19(16-7-3-1-4-8-16)17-9-5-2-6-10-17/h1-12,15,19H,13-14H2,(H3,22,23,24,25). The first kappa shape index (κ1) is 19.0. The van der Waals surface area contributed by atoms with Gasteiger partial charge in [0.1, 0.15) is 12.0 Å². The Hall–Kier alpha value is -3.74. The molecule has 0 unspecified atom stereocenters. The Morgan fingerprint density at radius 1 is 1.04 bits per heavy atom. The number of aliphatic imine (C=N–C) groups is 1. The summed E-state index contributed by atoms with van der Waals surface area (Å²) in [7, 11) is 0. The van der Waals surface area contributed by atoms with Gasteiger partial charge in [0.2, 0.25) is 0 Å². The molecule has 3 N–H and O–H groups in total. The fourth-order valence-corrected chi connectivity index (χ4v) is 2.95. The molecule has 0 atom stereocenters. The van der Waals surface area contributed by atoms with Gasteiger partial charge in [-0.15, -0.1) is 0 Å². The van der Waals surface area contributed by atoms with E-state index in [0.717, 1.165) is 6.42 Å². The van der Waals surface area contributed by atoms with Crippen molar-refractivity contribution in [2.45, 2.75) is 12.3 Å². The number of hydrogen-bond donors (Lipinski definition) is 2. The third-order valence-corrected chi connectivity index (χ3v) is 4.32. The summed E-state index contributed by atoms with van der Waals surface area (Å²) >= 11 is 0. The maximum absolute atomic E-state index is 10.7. The zero-order valence-electron chi connectivity index (χ0n) is 15.2. The molecular formula is C21H21N5O2. The van der Waals surface area contributed by atoms with E-state index in [1.165, 1.54) is 29.5 Å². The third kappa shape index (κ3) is 5.14. The minimum absolute atomic E-state index is 0.0744. The van der Waals surface area contributed by atoms with Crippen molar-refractivity contribution in [2.24, 2.45) is 10.7 Å². The van der Waals surface area contributed by atoms with Crippen LogP contribution in [0, 0.1) is 10.1 Å². The highest BCUT2D eigenvalue weighted by Crippen LogP contribution is 2.27. The Labute approximate surface area is 163 Å². The number of benzene rings is 2. The summed E-state index contributed by atoms with van der Waals surface area (Å²) in [5, 5.41) is 13.5. The van der Waals surface area contributed by atoms with Crippen LogP contribution >= 0.6 is 0 Å². The molecule has 3 rings (SSSR count). The zero-order valence-corrected chi connectivity index (χ0v) is 15.2. The second-order valence-corrected chi connectivity index (χ2v) is 6.21. The topological polar surface area (TPSA) is 106 Å². The van der Waals surface area contributed by atoms with E-state index in [9.17, 15) is 10.1 Å². The van der Waals surface area contributed by atoms with E-state index >= 15 is 0 Å². The largest absolute Gasteiger partial charge is 0.370 e. The first-order chi connectivity index (χ1) is 13.6. The molecule has 0 saturated carbocycles. The second kappa shape index (κ2) is 9.27. The van der Waals surface area contributed by atoms with Gasteiger partial charge < -0.3 is 11.1 Å². The number of pyridine rings is 1. The number of nitrogens with one attached hydrogen (secondary N) is 1. The number of rotatable bonds is 7. The highest BCUT2D eigenvalue weighted by atomic mass is 16.6. The van der Waals surface area contributed by atoms with Gasteiger partial charge in [-0.2, -0.15) is 0 Å². The summed E-state index contributed by atoms with van der Waals surface area (Å²) in [4.78, 5) is 18.5. The van der Waals surface area contributed by atoms with Crippen molar-refractivity contribution in [2.75, 3.05) is 11.9 Å². The van der Waals surface area contributed by atoms with Crippen molar-refractivity contribution in [1.29, 1.82) is 0 Å². The zero-order chi connectivity index (χ0) is 19.8. The van der Waals surface area contributed by atoms with Crippen LogP contribution in [0.25, 0.3) is 0 Å². The van der Waals surface area contributed by atoms with Gasteiger partial charge in [0.25, 0.3) is 5.69 Å². The number of nitrogens with zero attached hydrogens (tertiary/aromatic N) is 3. The molecule has 7 heteroatoms. The summed E-state index contributed by atoms with van der Waals surface area (Å²) in [6, 6.07) is 23.5. The number of aromatic nitrogens is 1. The van der Waals surface area contributed by atoms with Crippen molar-refractivity contribution < 1.29 is 4.92 Å². The summed E-state index contributed by atoms with van der Waals surface area (Å²) < 4.78 is 0. The van der Waals surface area contributed by atoms with E-state index in [4.69, 9.17) is 5.73 Å². The predicted octanol–water partition coefficient (Wildman–Crippen LogP) is 3.94. The summed E-state index contributed by atoms with van der Waals surface area (Å²) in [5.41, 5.74) is 8.32. The van der Waals surface area contributed by atoms with E-state index in [2.05, 4.69) is 39.6 Å². The van der Waals surface area contributed by atoms with Crippen LogP contribution in [0.5, 0.6) is 0 Å². The maximum atomic E-state index is 10.7. The first-order valence-electron chi connectivity index (χ1n) is 8.91. The van der Waals surface area contributed by atoms with Crippen LogP contribution in [0.2, 0.25) is 0 Å². The van der Waals surface area contributed by atoms with Crippen molar-refractivity contribution >= 4 is 17.5 Å². The molecule has 0 aliphatic rings. The van der Waals surface area contributed by atoms with Gasteiger partial charge in [-0.3, -0.25) is 15.1 Å². The molecule has 0 aliphatic heterocycles. The highest BCUT2D eigenvalue weighted by Gasteiger charge is 2.13. The minimum Gasteiger partial charge on any atom is -0.370 e. The van der Waals surface area contributed by atoms with Gasteiger partial charge in [0.15, 0.2) is 5.96 Å². The van der Waals surface area contributed by atoms with E-state index in [1.807, 2.05) is 36.4 Å². The Balaban J connectivity index is 1.65. The van der Waals surface area contributed by atoms with E-state index in [1.54, 1.807) is 0 Å². The molecule has 1 aromatic heterocycles. The fraction of sp³-hybridized carbons (Fsp3) is 0.143. The normalized spacial score (nSPS) is 11.4. The van der Waals surface area contributed by atoms with E-state index in [0.29, 0.717) is 12.4 Å². The van der Waals surface area contributed by atoms with Gasteiger partial charge in [-0.05, 0) is 23.6 Å². The third-order valence-electron chi connectivity index (χ3n) is 4.32. The Bertz CT molecular complexity index is 889. The molecule has 142 valence electrons. The lowest BCUT2D eigenvalue weighted by atomic mass is 9.89. The lowest BCUT2D eigenvalue weighted by molar-refractivity contribution is -0.385. The number of guanidine groups is 1. The SMILES string of the molecule is NC(=NCCC(c1ccccc1)c1ccccc1)Nc1ccc([N+](=O)[O-])cn1. The smallest absolute Gasteiger partial charge is 0.287 e. The predicted molar refractivity (Wildman–Crippen MR) is 110 cm³/mol. The van der Waals surface area contributed by atoms with E-state index < -0.39 is 4.92 Å². The highest BCUT2D eigenvalue weighted by molar-refractivity contribution is 5.91. The molecular weight excluding hydrogens is 354 g/mol. The summed E-state index contributed by atoms with van der Waals surface area (Å²) in [5.74, 6) is 0.854. The molecule has 0 fully saturated rings. The average molecular weight is 375 g/mol. The average Bonchev–Trinajstić information content (AvgIpc) is 2.73. The van der Waals surface area contributed by atoms with Gasteiger partial charge in [0.05, 0.1) is 4.92 Å². The molecule has 0 amide bonds. The van der Waals surface area contributed by atoms with Crippen molar-refractivity contribution in [3.8, 4) is 0 Å². The van der Waals surface area contributed by atoms with Crippen molar-refractivity contribution in [1.82, 2.24) is 4.98 Å². The molecule has 7 nitrogen and oxygen atoms in total. The monoisotopic (exact) mass is 375 g/mol. The lowest BCUT2D eigenvalue weighted by Gasteiger charge is -2.17. The fourth-order valence-electron chi connectivity index (χ4n) is 2.95. The van der Waals surface area contributed by atoms with Crippen LogP contribution in [-0.2, 0) is 0 Å². The number of nitro groups is 1. The van der Waals surface area contributed by atoms with Crippen LogP contribution in [0.1, 0.15) is 23.5 Å². The Morgan fingerprint density at radius 2 is 1.64 bits per heavy atom. The molecule has 0 bridgehead atoms. The van der Waals surface area contributed by atoms with Crippen LogP contribution in [-0.4, -0.2) is 22.4 Å². The molecule has 0 spiro atoms. The van der Waals surface area contributed by atoms with Crippen LogP contribution in [0.3, 0.4) is 0 Å². The Morgan fingerprint density at radius 3 is 2.14 bits per heavy atom. The first-order valence-corrected chi connectivity index (χ1v) is 8.91. The minimum atomic E-state index is -0.498. The maximum Gasteiger partial charge on any atom is 0.287 e. The summed E-state index contributed by atoms with van der Waals surface area (Å²) in [6.07, 6.45) is 1.97. The number of anilines is 1. The Kier molecular flexibility index (Phi) is 6.30. The molecule has 28 heavy (non-hydrogen) atoms. The summed E-state index contributed by atoms with van der Waals surface area (Å²) in [6.45, 7) is 0.528. The lowest BCUT2D eigenvalue weighted by Crippen LogP contribution is -2.23. The quantitative estimate of drug-likeness (QED) is 0.281. The van der Waals surface area contributed by atoms with Crippen LogP contribution in [0.4, 0.5) is 11.5 Å². The van der Waals surface area contributed by atoms with Gasteiger partial charge in [-0.25, -0.2) is 4.98 Å². The van der Waals surface area contributed by atoms with Gasteiger partial charge in [0, 0.05) is 18.5 Å². The molecule has 0 saturated heterocycles. The number of hydrogen-bond acceptors (Lipinski definition) is 4. The van der Waals surface area contributed by atoms with Crippen LogP contribution < -0.4 is 11.1 Å². The molecule has 3 aromatic rings. The van der Waals surface area contributed by atoms with Crippen molar-refractivity contribution in [3.05, 3.63) is 100 Å². The molecule has 1 heterocycles. The molecule has 2 aromatic carbocycles. The van der Waals surface area contributed by atoms with E-state index in [-0.39, 0.29) is 17.6 Å². The molecule has 0 aliphatic carbocycles. The van der Waals surface area contributed by atoms with Crippen molar-refractivity contribution in [3.63, 3.8) is 0 Å². The molecule has 0 radical (unpaired) electrons. The second-order valence-electron chi connectivity index (χ2n) is 6.21. The van der Waals surface area contributed by atoms with Gasteiger partial charge in [-0.1, -0.05) is 60.7 Å². The van der Waals surface area contributed by atoms with Gasteiger partial charge >= 0.3 is 0 Å². The van der Waals surface area contributed by atoms with Crippen LogP contribution in [0.15, 0.2) is 84.0 Å².